The highest BCUT2D eigenvalue weighted by Gasteiger charge is 2.06. The van der Waals surface area contributed by atoms with Crippen LogP contribution < -0.4 is 15.2 Å². The minimum atomic E-state index is 0.510. The quantitative estimate of drug-likeness (QED) is 0.876. The van der Waals surface area contributed by atoms with Gasteiger partial charge in [0, 0.05) is 26.5 Å². The second-order valence-electron chi connectivity index (χ2n) is 3.43. The van der Waals surface area contributed by atoms with E-state index >= 15 is 0 Å². The summed E-state index contributed by atoms with van der Waals surface area (Å²) in [7, 11) is 1.61. The molecule has 0 unspecified atom stereocenters. The smallest absolute Gasteiger partial charge is 0.163 e. The predicted molar refractivity (Wildman–Crippen MR) is 73.8 cm³/mol. The Labute approximate surface area is 112 Å². The third-order valence-corrected chi connectivity index (χ3v) is 3.85. The number of hydrogen-bond acceptors (Lipinski definition) is 4. The van der Waals surface area contributed by atoms with Gasteiger partial charge in [-0.25, -0.2) is 0 Å². The molecule has 0 atom stereocenters. The van der Waals surface area contributed by atoms with Gasteiger partial charge in [0.05, 0.1) is 7.11 Å². The first-order valence-electron chi connectivity index (χ1n) is 4.98. The fourth-order valence-corrected chi connectivity index (χ4v) is 2.75. The van der Waals surface area contributed by atoms with Crippen LogP contribution in [0.4, 0.5) is 5.69 Å². The molecule has 3 nitrogen and oxygen atoms in total. The molecule has 2 rings (SSSR count). The van der Waals surface area contributed by atoms with Crippen LogP contribution in [0.5, 0.6) is 11.5 Å². The lowest BCUT2D eigenvalue weighted by Gasteiger charge is -2.10. The molecule has 0 spiro atoms. The summed E-state index contributed by atoms with van der Waals surface area (Å²) in [4.78, 5) is 1.14. The Morgan fingerprint density at radius 1 is 1.29 bits per heavy atom. The summed E-state index contributed by atoms with van der Waals surface area (Å²) in [6, 6.07) is 7.38. The standard InChI is InChI=1S/C12H12BrNO2S/c1-15-11-3-2-9(14)5-12(11)16-6-10-4-8(13)7-17-10/h2-5,7H,6,14H2,1H3. The Morgan fingerprint density at radius 2 is 2.12 bits per heavy atom. The zero-order valence-electron chi connectivity index (χ0n) is 9.27. The lowest BCUT2D eigenvalue weighted by Crippen LogP contribution is -1.97. The van der Waals surface area contributed by atoms with Crippen molar-refractivity contribution in [2.45, 2.75) is 6.61 Å². The zero-order chi connectivity index (χ0) is 12.3. The molecule has 1 aromatic heterocycles. The van der Waals surface area contributed by atoms with E-state index in [9.17, 15) is 0 Å². The Bertz CT molecular complexity index is 513. The molecule has 0 aliphatic carbocycles. The summed E-state index contributed by atoms with van der Waals surface area (Å²) in [6.45, 7) is 0.510. The maximum atomic E-state index is 5.71. The maximum Gasteiger partial charge on any atom is 0.163 e. The molecule has 0 aliphatic heterocycles. The number of methoxy groups -OCH3 is 1. The molecule has 0 saturated carbocycles. The summed E-state index contributed by atoms with van der Waals surface area (Å²) in [5.41, 5.74) is 6.38. The van der Waals surface area contributed by atoms with Crippen LogP contribution in [-0.2, 0) is 6.61 Å². The summed E-state index contributed by atoms with van der Waals surface area (Å²) in [5, 5.41) is 2.02. The fourth-order valence-electron chi connectivity index (χ4n) is 1.38. The third-order valence-electron chi connectivity index (χ3n) is 2.18. The van der Waals surface area contributed by atoms with Crippen LogP contribution in [0.2, 0.25) is 0 Å². The van der Waals surface area contributed by atoms with Gasteiger partial charge in [0.15, 0.2) is 11.5 Å². The van der Waals surface area contributed by atoms with Gasteiger partial charge in [0.2, 0.25) is 0 Å². The number of nitrogens with two attached hydrogens (primary N) is 1. The summed E-state index contributed by atoms with van der Waals surface area (Å²) in [6.07, 6.45) is 0. The van der Waals surface area contributed by atoms with E-state index in [2.05, 4.69) is 15.9 Å². The van der Waals surface area contributed by atoms with E-state index in [0.29, 0.717) is 23.8 Å². The van der Waals surface area contributed by atoms with Crippen molar-refractivity contribution < 1.29 is 9.47 Å². The van der Waals surface area contributed by atoms with Gasteiger partial charge in [-0.05, 0) is 34.1 Å². The first kappa shape index (κ1) is 12.3. The van der Waals surface area contributed by atoms with Gasteiger partial charge >= 0.3 is 0 Å². The van der Waals surface area contributed by atoms with Gasteiger partial charge in [-0.2, -0.15) is 0 Å². The van der Waals surface area contributed by atoms with E-state index in [1.54, 1.807) is 36.6 Å². The number of hydrogen-bond donors (Lipinski definition) is 1. The zero-order valence-corrected chi connectivity index (χ0v) is 11.7. The number of anilines is 1. The van der Waals surface area contributed by atoms with Crippen LogP contribution in [0, 0.1) is 0 Å². The minimum absolute atomic E-state index is 0.510. The molecule has 2 aromatic rings. The number of thiophene rings is 1. The molecule has 0 saturated heterocycles. The highest BCUT2D eigenvalue weighted by Crippen LogP contribution is 2.30. The Kier molecular flexibility index (Phi) is 3.91. The van der Waals surface area contributed by atoms with E-state index in [1.165, 1.54) is 0 Å². The van der Waals surface area contributed by atoms with E-state index in [1.807, 2.05) is 11.4 Å². The SMILES string of the molecule is COc1ccc(N)cc1OCc1cc(Br)cs1. The molecule has 17 heavy (non-hydrogen) atoms. The second-order valence-corrected chi connectivity index (χ2v) is 5.34. The van der Waals surface area contributed by atoms with Crippen LogP contribution in [0.3, 0.4) is 0 Å². The highest BCUT2D eigenvalue weighted by molar-refractivity contribution is 9.10. The number of ether oxygens (including phenoxy) is 2. The first-order chi connectivity index (χ1) is 8.19. The van der Waals surface area contributed by atoms with Crippen molar-refractivity contribution in [3.8, 4) is 11.5 Å². The molecule has 90 valence electrons. The van der Waals surface area contributed by atoms with Crippen molar-refractivity contribution >= 4 is 33.0 Å². The van der Waals surface area contributed by atoms with Crippen LogP contribution in [0.25, 0.3) is 0 Å². The molecule has 0 aliphatic rings. The van der Waals surface area contributed by atoms with Gasteiger partial charge in [-0.3, -0.25) is 0 Å². The van der Waals surface area contributed by atoms with Gasteiger partial charge in [0.1, 0.15) is 6.61 Å². The number of rotatable bonds is 4. The van der Waals surface area contributed by atoms with Crippen LogP contribution in [0.1, 0.15) is 4.88 Å². The molecule has 0 amide bonds. The second kappa shape index (κ2) is 5.42. The molecule has 1 aromatic carbocycles. The number of benzene rings is 1. The lowest BCUT2D eigenvalue weighted by atomic mass is 10.3. The van der Waals surface area contributed by atoms with Gasteiger partial charge in [-0.15, -0.1) is 11.3 Å². The van der Waals surface area contributed by atoms with Gasteiger partial charge in [-0.1, -0.05) is 0 Å². The van der Waals surface area contributed by atoms with Crippen molar-refractivity contribution in [1.29, 1.82) is 0 Å². The minimum Gasteiger partial charge on any atom is -0.493 e. The average Bonchev–Trinajstić information content (AvgIpc) is 2.73. The Balaban J connectivity index is 2.10. The fraction of sp³-hybridized carbons (Fsp3) is 0.167. The first-order valence-corrected chi connectivity index (χ1v) is 6.65. The van der Waals surface area contributed by atoms with Crippen LogP contribution in [0.15, 0.2) is 34.1 Å². The topological polar surface area (TPSA) is 44.5 Å². The van der Waals surface area contributed by atoms with E-state index in [-0.39, 0.29) is 0 Å². The highest BCUT2D eigenvalue weighted by atomic mass is 79.9. The van der Waals surface area contributed by atoms with E-state index in [0.717, 1.165) is 9.35 Å². The molecule has 0 fully saturated rings. The van der Waals surface area contributed by atoms with Crippen LogP contribution in [-0.4, -0.2) is 7.11 Å². The van der Waals surface area contributed by atoms with Crippen molar-refractivity contribution in [2.24, 2.45) is 0 Å². The number of nitrogen functional groups attached to an aromatic ring is 1. The number of halogens is 1. The monoisotopic (exact) mass is 313 g/mol. The van der Waals surface area contributed by atoms with Crippen molar-refractivity contribution in [3.63, 3.8) is 0 Å². The molecular weight excluding hydrogens is 302 g/mol. The predicted octanol–water partition coefficient (Wildman–Crippen LogP) is 3.68. The largest absolute Gasteiger partial charge is 0.493 e. The summed E-state index contributed by atoms with van der Waals surface area (Å²) in [5.74, 6) is 1.35. The Hall–Kier alpha value is -1.20. The summed E-state index contributed by atoms with van der Waals surface area (Å²) >= 11 is 5.05. The van der Waals surface area contributed by atoms with Crippen molar-refractivity contribution in [3.05, 3.63) is 39.0 Å². The average molecular weight is 314 g/mol. The van der Waals surface area contributed by atoms with E-state index in [4.69, 9.17) is 15.2 Å². The molecular formula is C12H12BrNO2S. The van der Waals surface area contributed by atoms with Gasteiger partial charge in [0.25, 0.3) is 0 Å². The molecule has 0 radical (unpaired) electrons. The molecule has 2 N–H and O–H groups in total. The van der Waals surface area contributed by atoms with Crippen molar-refractivity contribution in [2.75, 3.05) is 12.8 Å². The van der Waals surface area contributed by atoms with Crippen LogP contribution >= 0.6 is 27.3 Å². The van der Waals surface area contributed by atoms with Gasteiger partial charge < -0.3 is 15.2 Å². The normalized spacial score (nSPS) is 10.2. The molecule has 5 heteroatoms. The van der Waals surface area contributed by atoms with Crippen molar-refractivity contribution in [1.82, 2.24) is 0 Å². The lowest BCUT2D eigenvalue weighted by molar-refractivity contribution is 0.287. The summed E-state index contributed by atoms with van der Waals surface area (Å²) < 4.78 is 12.0. The molecule has 0 bridgehead atoms. The third kappa shape index (κ3) is 3.14. The molecule has 1 heterocycles. The van der Waals surface area contributed by atoms with E-state index < -0.39 is 0 Å². The Morgan fingerprint density at radius 3 is 2.76 bits per heavy atom. The maximum absolute atomic E-state index is 5.71.